The standard InChI is InChI=1S/C10H21N3O/c1-8(7-11)12-6-2-3-10(14)13-9-4-5-9/h8-9,12H,2-7,11H2,1H3,(H,13,14). The van der Waals surface area contributed by atoms with Crippen LogP contribution < -0.4 is 16.4 Å². The molecule has 4 N–H and O–H groups in total. The highest BCUT2D eigenvalue weighted by Gasteiger charge is 2.22. The van der Waals surface area contributed by atoms with E-state index in [9.17, 15) is 4.79 Å². The second-order valence-electron chi connectivity index (χ2n) is 4.04. The minimum Gasteiger partial charge on any atom is -0.353 e. The van der Waals surface area contributed by atoms with E-state index in [1.54, 1.807) is 0 Å². The number of nitrogens with one attached hydrogen (secondary N) is 2. The molecule has 1 atom stereocenters. The number of carbonyl (C=O) groups excluding carboxylic acids is 1. The molecule has 0 saturated heterocycles. The van der Waals surface area contributed by atoms with Gasteiger partial charge in [0.25, 0.3) is 0 Å². The molecule has 0 heterocycles. The molecule has 4 heteroatoms. The molecule has 14 heavy (non-hydrogen) atoms. The molecule has 0 aromatic rings. The lowest BCUT2D eigenvalue weighted by Gasteiger charge is -2.10. The highest BCUT2D eigenvalue weighted by Crippen LogP contribution is 2.18. The van der Waals surface area contributed by atoms with Crippen molar-refractivity contribution in [3.05, 3.63) is 0 Å². The summed E-state index contributed by atoms with van der Waals surface area (Å²) in [7, 11) is 0. The highest BCUT2D eigenvalue weighted by molar-refractivity contribution is 5.76. The molecule has 82 valence electrons. The number of hydrogen-bond acceptors (Lipinski definition) is 3. The highest BCUT2D eigenvalue weighted by atomic mass is 16.1. The Morgan fingerprint density at radius 1 is 1.57 bits per heavy atom. The second-order valence-corrected chi connectivity index (χ2v) is 4.04. The van der Waals surface area contributed by atoms with Crippen LogP contribution in [0.5, 0.6) is 0 Å². The zero-order valence-corrected chi connectivity index (χ0v) is 8.88. The largest absolute Gasteiger partial charge is 0.353 e. The van der Waals surface area contributed by atoms with Gasteiger partial charge in [0.05, 0.1) is 0 Å². The maximum Gasteiger partial charge on any atom is 0.220 e. The lowest BCUT2D eigenvalue weighted by atomic mass is 10.2. The Hall–Kier alpha value is -0.610. The van der Waals surface area contributed by atoms with E-state index >= 15 is 0 Å². The molecule has 1 aliphatic carbocycles. The van der Waals surface area contributed by atoms with Gasteiger partial charge in [-0.15, -0.1) is 0 Å². The molecule has 0 aromatic heterocycles. The van der Waals surface area contributed by atoms with Crippen molar-refractivity contribution in [2.75, 3.05) is 13.1 Å². The topological polar surface area (TPSA) is 67.1 Å². The molecule has 0 spiro atoms. The fourth-order valence-corrected chi connectivity index (χ4v) is 1.21. The first-order chi connectivity index (χ1) is 6.72. The van der Waals surface area contributed by atoms with Crippen molar-refractivity contribution in [3.63, 3.8) is 0 Å². The first-order valence-electron chi connectivity index (χ1n) is 5.45. The van der Waals surface area contributed by atoms with Gasteiger partial charge >= 0.3 is 0 Å². The number of nitrogens with two attached hydrogens (primary N) is 1. The van der Waals surface area contributed by atoms with Gasteiger partial charge in [-0.3, -0.25) is 4.79 Å². The number of amides is 1. The van der Waals surface area contributed by atoms with Gasteiger partial charge in [-0.2, -0.15) is 0 Å². The average Bonchev–Trinajstić information content (AvgIpc) is 2.95. The van der Waals surface area contributed by atoms with E-state index in [2.05, 4.69) is 10.6 Å². The van der Waals surface area contributed by atoms with Crippen LogP contribution in [0.25, 0.3) is 0 Å². The lowest BCUT2D eigenvalue weighted by Crippen LogP contribution is -2.34. The summed E-state index contributed by atoms with van der Waals surface area (Å²) in [5.74, 6) is 0.190. The van der Waals surface area contributed by atoms with E-state index in [1.807, 2.05) is 6.92 Å². The monoisotopic (exact) mass is 199 g/mol. The fraction of sp³-hybridized carbons (Fsp3) is 0.900. The van der Waals surface area contributed by atoms with Gasteiger partial charge in [0, 0.05) is 25.0 Å². The van der Waals surface area contributed by atoms with Gasteiger partial charge < -0.3 is 16.4 Å². The van der Waals surface area contributed by atoms with Gasteiger partial charge in [0.2, 0.25) is 5.91 Å². The molecular weight excluding hydrogens is 178 g/mol. The fourth-order valence-electron chi connectivity index (χ4n) is 1.21. The zero-order chi connectivity index (χ0) is 10.4. The molecule has 0 radical (unpaired) electrons. The summed E-state index contributed by atoms with van der Waals surface area (Å²) < 4.78 is 0. The number of rotatable bonds is 7. The van der Waals surface area contributed by atoms with Crippen molar-refractivity contribution >= 4 is 5.91 Å². The van der Waals surface area contributed by atoms with Crippen LogP contribution >= 0.6 is 0 Å². The van der Waals surface area contributed by atoms with E-state index in [-0.39, 0.29) is 5.91 Å². The smallest absolute Gasteiger partial charge is 0.220 e. The van der Waals surface area contributed by atoms with Gasteiger partial charge in [0.15, 0.2) is 0 Å². The quantitative estimate of drug-likeness (QED) is 0.505. The summed E-state index contributed by atoms with van der Waals surface area (Å²) in [5, 5.41) is 6.22. The Bertz CT molecular complexity index is 180. The molecule has 0 bridgehead atoms. The molecule has 0 aliphatic heterocycles. The van der Waals surface area contributed by atoms with E-state index < -0.39 is 0 Å². The molecular formula is C10H21N3O. The molecule has 1 rings (SSSR count). The van der Waals surface area contributed by atoms with Gasteiger partial charge in [-0.05, 0) is 32.7 Å². The Morgan fingerprint density at radius 3 is 2.86 bits per heavy atom. The van der Waals surface area contributed by atoms with Crippen LogP contribution in [0.1, 0.15) is 32.6 Å². The van der Waals surface area contributed by atoms with Crippen molar-refractivity contribution in [1.29, 1.82) is 0 Å². The maximum atomic E-state index is 11.2. The molecule has 0 aromatic carbocycles. The predicted molar refractivity (Wildman–Crippen MR) is 56.9 cm³/mol. The molecule has 1 unspecified atom stereocenters. The van der Waals surface area contributed by atoms with Crippen molar-refractivity contribution < 1.29 is 4.79 Å². The van der Waals surface area contributed by atoms with E-state index in [1.165, 1.54) is 0 Å². The third-order valence-electron chi connectivity index (χ3n) is 2.37. The summed E-state index contributed by atoms with van der Waals surface area (Å²) in [5.41, 5.74) is 5.45. The van der Waals surface area contributed by atoms with Crippen molar-refractivity contribution in [2.24, 2.45) is 5.73 Å². The van der Waals surface area contributed by atoms with Gasteiger partial charge in [-0.25, -0.2) is 0 Å². The molecule has 1 fully saturated rings. The maximum absolute atomic E-state index is 11.2. The third-order valence-corrected chi connectivity index (χ3v) is 2.37. The minimum absolute atomic E-state index is 0.190. The zero-order valence-electron chi connectivity index (χ0n) is 8.88. The summed E-state index contributed by atoms with van der Waals surface area (Å²) in [6.07, 6.45) is 3.84. The van der Waals surface area contributed by atoms with Crippen molar-refractivity contribution in [1.82, 2.24) is 10.6 Å². The van der Waals surface area contributed by atoms with Crippen LogP contribution in [0.4, 0.5) is 0 Å². The van der Waals surface area contributed by atoms with E-state index in [0.29, 0.717) is 25.0 Å². The number of hydrogen-bond donors (Lipinski definition) is 3. The van der Waals surface area contributed by atoms with Gasteiger partial charge in [-0.1, -0.05) is 0 Å². The lowest BCUT2D eigenvalue weighted by molar-refractivity contribution is -0.121. The van der Waals surface area contributed by atoms with Crippen LogP contribution in [0, 0.1) is 0 Å². The summed E-state index contributed by atoms with van der Waals surface area (Å²) in [4.78, 5) is 11.2. The molecule has 1 saturated carbocycles. The van der Waals surface area contributed by atoms with Crippen molar-refractivity contribution in [2.45, 2.75) is 44.7 Å². The molecule has 4 nitrogen and oxygen atoms in total. The molecule has 1 aliphatic rings. The summed E-state index contributed by atoms with van der Waals surface area (Å²) >= 11 is 0. The average molecular weight is 199 g/mol. The Labute approximate surface area is 85.6 Å². The Morgan fingerprint density at radius 2 is 2.29 bits per heavy atom. The van der Waals surface area contributed by atoms with Gasteiger partial charge in [0.1, 0.15) is 0 Å². The van der Waals surface area contributed by atoms with Crippen LogP contribution in [0.2, 0.25) is 0 Å². The van der Waals surface area contributed by atoms with Crippen LogP contribution in [0.15, 0.2) is 0 Å². The normalized spacial score (nSPS) is 17.9. The minimum atomic E-state index is 0.190. The van der Waals surface area contributed by atoms with E-state index in [0.717, 1.165) is 25.8 Å². The number of carbonyl (C=O) groups is 1. The van der Waals surface area contributed by atoms with E-state index in [4.69, 9.17) is 5.73 Å². The van der Waals surface area contributed by atoms with Crippen molar-refractivity contribution in [3.8, 4) is 0 Å². The Kier molecular flexibility index (Phi) is 4.90. The summed E-state index contributed by atoms with van der Waals surface area (Å²) in [6, 6.07) is 0.833. The first kappa shape index (κ1) is 11.5. The Balaban J connectivity index is 1.89. The van der Waals surface area contributed by atoms with Crippen LogP contribution in [-0.2, 0) is 4.79 Å². The van der Waals surface area contributed by atoms with Crippen LogP contribution in [-0.4, -0.2) is 31.1 Å². The predicted octanol–water partition coefficient (Wildman–Crippen LogP) is -0.0180. The van der Waals surface area contributed by atoms with Crippen LogP contribution in [0.3, 0.4) is 0 Å². The third kappa shape index (κ3) is 5.19. The summed E-state index contributed by atoms with van der Waals surface area (Å²) in [6.45, 7) is 3.56. The molecule has 1 amide bonds. The second kappa shape index (κ2) is 5.98. The SMILES string of the molecule is CC(CN)NCCCC(=O)NC1CC1. The first-order valence-corrected chi connectivity index (χ1v) is 5.45.